The topological polar surface area (TPSA) is 116 Å². The SMILES string of the molecule is COC1CC(NC(=O)NC(Cc2cnc[nH]2)C(=O)O)C1. The molecule has 0 spiro atoms. The largest absolute Gasteiger partial charge is 0.480 e. The summed E-state index contributed by atoms with van der Waals surface area (Å²) in [6.45, 7) is 0. The van der Waals surface area contributed by atoms with Crippen molar-refractivity contribution in [2.24, 2.45) is 0 Å². The van der Waals surface area contributed by atoms with Gasteiger partial charge in [0.15, 0.2) is 0 Å². The number of carboxylic acid groups (broad SMARTS) is 1. The van der Waals surface area contributed by atoms with E-state index in [4.69, 9.17) is 9.84 Å². The molecule has 8 heteroatoms. The van der Waals surface area contributed by atoms with Crippen LogP contribution in [0.1, 0.15) is 18.5 Å². The fraction of sp³-hybridized carbons (Fsp3) is 0.583. The molecule has 0 saturated heterocycles. The molecule has 1 fully saturated rings. The summed E-state index contributed by atoms with van der Waals surface area (Å²) in [5.41, 5.74) is 0.654. The zero-order valence-corrected chi connectivity index (χ0v) is 11.1. The number of imidazole rings is 1. The van der Waals surface area contributed by atoms with Crippen LogP contribution in [0.2, 0.25) is 0 Å². The zero-order valence-electron chi connectivity index (χ0n) is 11.1. The number of amides is 2. The maximum absolute atomic E-state index is 11.7. The van der Waals surface area contributed by atoms with Crippen molar-refractivity contribution in [3.05, 3.63) is 18.2 Å². The quantitative estimate of drug-likeness (QED) is 0.580. The Labute approximate surface area is 115 Å². The van der Waals surface area contributed by atoms with Crippen molar-refractivity contribution in [3.63, 3.8) is 0 Å². The molecule has 0 aliphatic heterocycles. The maximum atomic E-state index is 11.7. The molecule has 0 bridgehead atoms. The molecule has 0 aromatic carbocycles. The van der Waals surface area contributed by atoms with E-state index >= 15 is 0 Å². The van der Waals surface area contributed by atoms with Gasteiger partial charge in [-0.2, -0.15) is 0 Å². The van der Waals surface area contributed by atoms with Gasteiger partial charge in [0.2, 0.25) is 0 Å². The van der Waals surface area contributed by atoms with Gasteiger partial charge in [0.1, 0.15) is 6.04 Å². The molecule has 2 rings (SSSR count). The van der Waals surface area contributed by atoms with Gasteiger partial charge in [-0.3, -0.25) is 0 Å². The van der Waals surface area contributed by atoms with E-state index in [0.717, 1.165) is 12.8 Å². The Bertz CT molecular complexity index is 456. The van der Waals surface area contributed by atoms with Crippen LogP contribution >= 0.6 is 0 Å². The van der Waals surface area contributed by atoms with Gasteiger partial charge in [-0.1, -0.05) is 0 Å². The van der Waals surface area contributed by atoms with Crippen LogP contribution in [0, 0.1) is 0 Å². The Morgan fingerprint density at radius 1 is 1.60 bits per heavy atom. The standard InChI is InChI=1S/C12H18N4O4/c1-20-9-2-7(3-9)15-12(19)16-10(11(17)18)4-8-5-13-6-14-8/h5-7,9-10H,2-4H2,1H3,(H,13,14)(H,17,18)(H2,15,16,19). The third-order valence-electron chi connectivity index (χ3n) is 3.35. The molecule has 1 aromatic heterocycles. The summed E-state index contributed by atoms with van der Waals surface area (Å²) in [6.07, 6.45) is 4.84. The number of carboxylic acids is 1. The first-order valence-corrected chi connectivity index (χ1v) is 6.38. The first-order chi connectivity index (χ1) is 9.58. The van der Waals surface area contributed by atoms with Crippen LogP contribution < -0.4 is 10.6 Å². The van der Waals surface area contributed by atoms with Crippen LogP contribution in [0.25, 0.3) is 0 Å². The molecule has 1 heterocycles. The number of carbonyl (C=O) groups is 2. The molecule has 20 heavy (non-hydrogen) atoms. The lowest BCUT2D eigenvalue weighted by molar-refractivity contribution is -0.139. The number of methoxy groups -OCH3 is 1. The number of nitrogens with one attached hydrogen (secondary N) is 3. The number of urea groups is 1. The van der Waals surface area contributed by atoms with E-state index in [1.165, 1.54) is 12.5 Å². The summed E-state index contributed by atoms with van der Waals surface area (Å²) in [5, 5.41) is 14.3. The van der Waals surface area contributed by atoms with Gasteiger partial charge >= 0.3 is 12.0 Å². The molecule has 1 aromatic rings. The van der Waals surface area contributed by atoms with Crippen LogP contribution in [0.5, 0.6) is 0 Å². The zero-order chi connectivity index (χ0) is 14.5. The minimum absolute atomic E-state index is 0.0431. The molecule has 4 N–H and O–H groups in total. The van der Waals surface area contributed by atoms with Gasteiger partial charge in [-0.05, 0) is 12.8 Å². The average molecular weight is 282 g/mol. The number of hydrogen-bond acceptors (Lipinski definition) is 4. The fourth-order valence-electron chi connectivity index (χ4n) is 2.08. The number of carbonyl (C=O) groups excluding carboxylic acids is 1. The summed E-state index contributed by atoms with van der Waals surface area (Å²) < 4.78 is 5.11. The number of aromatic amines is 1. The predicted octanol–water partition coefficient (Wildman–Crippen LogP) is -0.118. The van der Waals surface area contributed by atoms with Crippen molar-refractivity contribution in [2.75, 3.05) is 7.11 Å². The molecular formula is C12H18N4O4. The van der Waals surface area contributed by atoms with Crippen LogP contribution in [-0.2, 0) is 16.0 Å². The lowest BCUT2D eigenvalue weighted by Gasteiger charge is -2.34. The maximum Gasteiger partial charge on any atom is 0.326 e. The number of nitrogens with zero attached hydrogens (tertiary/aromatic N) is 1. The van der Waals surface area contributed by atoms with Crippen LogP contribution in [-0.4, -0.2) is 52.4 Å². The van der Waals surface area contributed by atoms with E-state index in [1.807, 2.05) is 0 Å². The smallest absolute Gasteiger partial charge is 0.326 e. The Kier molecular flexibility index (Phi) is 4.57. The van der Waals surface area contributed by atoms with Crippen LogP contribution in [0.15, 0.2) is 12.5 Å². The van der Waals surface area contributed by atoms with Gasteiger partial charge in [0, 0.05) is 31.5 Å². The predicted molar refractivity (Wildman–Crippen MR) is 69.2 cm³/mol. The van der Waals surface area contributed by atoms with E-state index in [2.05, 4.69) is 20.6 Å². The number of rotatable bonds is 6. The molecule has 1 saturated carbocycles. The van der Waals surface area contributed by atoms with Gasteiger partial charge in [0.05, 0.1) is 12.4 Å². The van der Waals surface area contributed by atoms with Crippen molar-refractivity contribution in [2.45, 2.75) is 37.5 Å². The molecule has 0 radical (unpaired) electrons. The van der Waals surface area contributed by atoms with Crippen LogP contribution in [0.4, 0.5) is 4.79 Å². The lowest BCUT2D eigenvalue weighted by Crippen LogP contribution is -2.54. The fourth-order valence-corrected chi connectivity index (χ4v) is 2.08. The molecule has 110 valence electrons. The van der Waals surface area contributed by atoms with Crippen molar-refractivity contribution < 1.29 is 19.4 Å². The molecule has 8 nitrogen and oxygen atoms in total. The number of H-pyrrole nitrogens is 1. The number of hydrogen-bond donors (Lipinski definition) is 4. The molecule has 1 aliphatic carbocycles. The second-order valence-electron chi connectivity index (χ2n) is 4.82. The van der Waals surface area contributed by atoms with Gasteiger partial charge in [0.25, 0.3) is 0 Å². The molecule has 1 atom stereocenters. The third kappa shape index (κ3) is 3.70. The highest BCUT2D eigenvalue weighted by atomic mass is 16.5. The van der Waals surface area contributed by atoms with E-state index in [0.29, 0.717) is 5.69 Å². The Hall–Kier alpha value is -2.09. The van der Waals surface area contributed by atoms with Crippen molar-refractivity contribution in [1.82, 2.24) is 20.6 Å². The minimum Gasteiger partial charge on any atom is -0.480 e. The first-order valence-electron chi connectivity index (χ1n) is 6.38. The molecule has 2 amide bonds. The second-order valence-corrected chi connectivity index (χ2v) is 4.82. The number of aliphatic carboxylic acids is 1. The highest BCUT2D eigenvalue weighted by Crippen LogP contribution is 2.22. The van der Waals surface area contributed by atoms with E-state index in [-0.39, 0.29) is 18.6 Å². The summed E-state index contributed by atoms with van der Waals surface area (Å²) in [4.78, 5) is 29.5. The summed E-state index contributed by atoms with van der Waals surface area (Å²) in [7, 11) is 1.63. The van der Waals surface area contributed by atoms with Gasteiger partial charge in [-0.25, -0.2) is 14.6 Å². The van der Waals surface area contributed by atoms with Crippen LogP contribution in [0.3, 0.4) is 0 Å². The summed E-state index contributed by atoms with van der Waals surface area (Å²) in [5.74, 6) is -1.09. The monoisotopic (exact) mass is 282 g/mol. The third-order valence-corrected chi connectivity index (χ3v) is 3.35. The number of aromatic nitrogens is 2. The van der Waals surface area contributed by atoms with Gasteiger partial charge < -0.3 is 25.5 Å². The molecule has 1 aliphatic rings. The lowest BCUT2D eigenvalue weighted by atomic mass is 9.89. The minimum atomic E-state index is -1.09. The summed E-state index contributed by atoms with van der Waals surface area (Å²) >= 11 is 0. The number of ether oxygens (including phenoxy) is 1. The van der Waals surface area contributed by atoms with Gasteiger partial charge in [-0.15, -0.1) is 0 Å². The highest BCUT2D eigenvalue weighted by Gasteiger charge is 2.31. The normalized spacial score (nSPS) is 22.6. The van der Waals surface area contributed by atoms with Crippen molar-refractivity contribution >= 4 is 12.0 Å². The highest BCUT2D eigenvalue weighted by molar-refractivity contribution is 5.82. The Morgan fingerprint density at radius 3 is 2.90 bits per heavy atom. The Morgan fingerprint density at radius 2 is 2.35 bits per heavy atom. The molecular weight excluding hydrogens is 264 g/mol. The van der Waals surface area contributed by atoms with E-state index < -0.39 is 18.0 Å². The van der Waals surface area contributed by atoms with Crippen molar-refractivity contribution in [1.29, 1.82) is 0 Å². The second kappa shape index (κ2) is 6.38. The average Bonchev–Trinajstić information content (AvgIpc) is 2.85. The molecule has 1 unspecified atom stereocenters. The first kappa shape index (κ1) is 14.3. The Balaban J connectivity index is 1.79. The summed E-state index contributed by atoms with van der Waals surface area (Å²) in [6, 6.07) is -1.42. The van der Waals surface area contributed by atoms with Crippen molar-refractivity contribution in [3.8, 4) is 0 Å². The van der Waals surface area contributed by atoms with E-state index in [1.54, 1.807) is 7.11 Å². The van der Waals surface area contributed by atoms with E-state index in [9.17, 15) is 9.59 Å².